The minimum Gasteiger partial charge on any atom is -0.505 e. The van der Waals surface area contributed by atoms with Gasteiger partial charge in [0.2, 0.25) is 0 Å². The van der Waals surface area contributed by atoms with Gasteiger partial charge in [-0.2, -0.15) is 0 Å². The van der Waals surface area contributed by atoms with E-state index in [0.717, 1.165) is 0 Å². The highest BCUT2D eigenvalue weighted by Crippen LogP contribution is 2.26. The van der Waals surface area contributed by atoms with Crippen LogP contribution in [0, 0.1) is 6.92 Å². The van der Waals surface area contributed by atoms with Crippen LogP contribution in [0.3, 0.4) is 0 Å². The first-order valence-corrected chi connectivity index (χ1v) is 6.07. The van der Waals surface area contributed by atoms with Gasteiger partial charge in [0, 0.05) is 5.56 Å². The zero-order valence-electron chi connectivity index (χ0n) is 11.5. The Morgan fingerprint density at radius 2 is 2.00 bits per heavy atom. The smallest absolute Gasteiger partial charge is 0.340 e. The van der Waals surface area contributed by atoms with E-state index in [1.165, 1.54) is 4.57 Å². The fourth-order valence-electron chi connectivity index (χ4n) is 1.94. The zero-order chi connectivity index (χ0) is 14.4. The second-order valence-electron chi connectivity index (χ2n) is 5.62. The predicted octanol–water partition coefficient (Wildman–Crippen LogP) is 1.78. The lowest BCUT2D eigenvalue weighted by Gasteiger charge is -2.19. The maximum absolute atomic E-state index is 12.0. The Balaban J connectivity index is 2.38. The summed E-state index contributed by atoms with van der Waals surface area (Å²) >= 11 is 0. The predicted molar refractivity (Wildman–Crippen MR) is 70.8 cm³/mol. The summed E-state index contributed by atoms with van der Waals surface area (Å²) in [5, 5.41) is 10.0. The lowest BCUT2D eigenvalue weighted by atomic mass is 10.1. The van der Waals surface area contributed by atoms with Crippen molar-refractivity contribution in [2.24, 2.45) is 0 Å². The molecule has 0 bridgehead atoms. The highest BCUT2D eigenvalue weighted by molar-refractivity contribution is 5.97. The third kappa shape index (κ3) is 2.41. The fraction of sp³-hybridized carbons (Fsp3) is 0.429. The molecule has 0 radical (unpaired) electrons. The molecular weight excluding hydrogens is 246 g/mol. The van der Waals surface area contributed by atoms with Crippen LogP contribution < -0.4 is 5.56 Å². The zero-order valence-corrected chi connectivity index (χ0v) is 11.5. The maximum atomic E-state index is 12.0. The number of rotatable bonds is 1. The maximum Gasteiger partial charge on any atom is 0.340 e. The van der Waals surface area contributed by atoms with E-state index in [4.69, 9.17) is 4.74 Å². The fourth-order valence-corrected chi connectivity index (χ4v) is 1.94. The molecule has 0 spiro atoms. The normalized spacial score (nSPS) is 14.5. The number of aliphatic hydroxyl groups is 1. The minimum atomic E-state index is -0.639. The summed E-state index contributed by atoms with van der Waals surface area (Å²) in [5.41, 5.74) is 0.207. The molecule has 2 rings (SSSR count). The Morgan fingerprint density at radius 3 is 2.58 bits per heavy atom. The number of fused-ring (bicyclic) bond motifs is 1. The monoisotopic (exact) mass is 263 g/mol. The van der Waals surface area contributed by atoms with E-state index in [2.05, 4.69) is 0 Å². The van der Waals surface area contributed by atoms with Gasteiger partial charge in [-0.25, -0.2) is 4.79 Å². The van der Waals surface area contributed by atoms with Gasteiger partial charge in [-0.3, -0.25) is 4.79 Å². The molecule has 0 aliphatic carbocycles. The average molecular weight is 263 g/mol. The lowest BCUT2D eigenvalue weighted by molar-refractivity contribution is -0.150. The molecule has 19 heavy (non-hydrogen) atoms. The molecule has 1 aliphatic rings. The van der Waals surface area contributed by atoms with E-state index < -0.39 is 11.6 Å². The SMILES string of the molecule is Cc1ccc2n(c1=O)CC(C(=O)OC(C)(C)C)=C2O. The van der Waals surface area contributed by atoms with E-state index in [1.807, 2.05) is 0 Å². The van der Waals surface area contributed by atoms with Crippen LogP contribution in [0.5, 0.6) is 0 Å². The summed E-state index contributed by atoms with van der Waals surface area (Å²) in [6.07, 6.45) is 0. The van der Waals surface area contributed by atoms with Gasteiger partial charge in [0.1, 0.15) is 11.2 Å². The molecule has 1 aromatic rings. The number of carbonyl (C=O) groups excluding carboxylic acids is 1. The largest absolute Gasteiger partial charge is 0.505 e. The summed E-state index contributed by atoms with van der Waals surface area (Å²) in [5.74, 6) is -0.767. The molecule has 0 unspecified atom stereocenters. The van der Waals surface area contributed by atoms with Crippen molar-refractivity contribution in [3.8, 4) is 0 Å². The van der Waals surface area contributed by atoms with Crippen LogP contribution in [0.2, 0.25) is 0 Å². The van der Waals surface area contributed by atoms with E-state index in [9.17, 15) is 14.7 Å². The number of hydrogen-bond acceptors (Lipinski definition) is 4. The first-order valence-electron chi connectivity index (χ1n) is 6.07. The van der Waals surface area contributed by atoms with Crippen LogP contribution in [0.1, 0.15) is 32.0 Å². The van der Waals surface area contributed by atoms with Crippen LogP contribution in [-0.2, 0) is 16.1 Å². The highest BCUT2D eigenvalue weighted by Gasteiger charge is 2.30. The average Bonchev–Trinajstić information content (AvgIpc) is 2.60. The number of aryl methyl sites for hydroxylation is 1. The first-order chi connectivity index (χ1) is 8.70. The minimum absolute atomic E-state index is 0.0522. The van der Waals surface area contributed by atoms with Crippen LogP contribution >= 0.6 is 0 Å². The lowest BCUT2D eigenvalue weighted by Crippen LogP contribution is -2.27. The Labute approximate surface area is 111 Å². The second-order valence-corrected chi connectivity index (χ2v) is 5.62. The third-order valence-electron chi connectivity index (χ3n) is 2.85. The van der Waals surface area contributed by atoms with Crippen molar-refractivity contribution in [1.29, 1.82) is 0 Å². The van der Waals surface area contributed by atoms with Gasteiger partial charge >= 0.3 is 5.97 Å². The van der Waals surface area contributed by atoms with Gasteiger partial charge in [-0.05, 0) is 33.8 Å². The molecule has 0 saturated heterocycles. The van der Waals surface area contributed by atoms with E-state index in [1.54, 1.807) is 39.8 Å². The van der Waals surface area contributed by atoms with Crippen molar-refractivity contribution in [1.82, 2.24) is 4.57 Å². The van der Waals surface area contributed by atoms with E-state index in [0.29, 0.717) is 11.3 Å². The number of esters is 1. The quantitative estimate of drug-likeness (QED) is 0.784. The van der Waals surface area contributed by atoms with Crippen LogP contribution in [0.15, 0.2) is 22.5 Å². The number of nitrogens with zero attached hydrogens (tertiary/aromatic N) is 1. The standard InChI is InChI=1S/C14H17NO4/c1-8-5-6-10-11(16)9(7-15(10)12(8)17)13(18)19-14(2,3)4/h5-6,16H,7H2,1-4H3. The highest BCUT2D eigenvalue weighted by atomic mass is 16.6. The van der Waals surface area contributed by atoms with Gasteiger partial charge < -0.3 is 14.4 Å². The molecule has 1 aliphatic heterocycles. The van der Waals surface area contributed by atoms with Crippen molar-refractivity contribution in [3.63, 3.8) is 0 Å². The second kappa shape index (κ2) is 4.26. The van der Waals surface area contributed by atoms with Gasteiger partial charge in [0.15, 0.2) is 5.76 Å². The summed E-state index contributed by atoms with van der Waals surface area (Å²) in [4.78, 5) is 23.9. The summed E-state index contributed by atoms with van der Waals surface area (Å²) in [6.45, 7) is 7.00. The number of pyridine rings is 1. The third-order valence-corrected chi connectivity index (χ3v) is 2.85. The molecule has 102 valence electrons. The topological polar surface area (TPSA) is 68.5 Å². The number of carbonyl (C=O) groups is 1. The number of hydrogen-bond donors (Lipinski definition) is 1. The molecule has 0 aromatic carbocycles. The van der Waals surface area contributed by atoms with Gasteiger partial charge in [0.25, 0.3) is 5.56 Å². The first kappa shape index (κ1) is 13.4. The van der Waals surface area contributed by atoms with Gasteiger partial charge in [-0.1, -0.05) is 6.07 Å². The molecule has 0 amide bonds. The Kier molecular flexibility index (Phi) is 3.00. The molecule has 0 saturated carbocycles. The number of aliphatic hydroxyl groups excluding tert-OH is 1. The van der Waals surface area contributed by atoms with Crippen molar-refractivity contribution < 1.29 is 14.6 Å². The Bertz CT molecular complexity index is 632. The van der Waals surface area contributed by atoms with Crippen molar-refractivity contribution in [3.05, 3.63) is 39.3 Å². The van der Waals surface area contributed by atoms with Crippen molar-refractivity contribution in [2.45, 2.75) is 39.8 Å². The molecule has 5 heteroatoms. The Hall–Kier alpha value is -2.04. The molecule has 1 aromatic heterocycles. The summed E-state index contributed by atoms with van der Waals surface area (Å²) in [7, 11) is 0. The molecule has 2 heterocycles. The molecule has 0 fully saturated rings. The molecule has 5 nitrogen and oxygen atoms in total. The molecule has 1 N–H and O–H groups in total. The van der Waals surface area contributed by atoms with Gasteiger partial charge in [0.05, 0.1) is 12.2 Å². The molecule has 0 atom stereocenters. The van der Waals surface area contributed by atoms with Crippen LogP contribution in [0.4, 0.5) is 0 Å². The van der Waals surface area contributed by atoms with Crippen LogP contribution in [-0.4, -0.2) is 21.2 Å². The van der Waals surface area contributed by atoms with Crippen molar-refractivity contribution >= 4 is 11.7 Å². The Morgan fingerprint density at radius 1 is 1.37 bits per heavy atom. The summed E-state index contributed by atoms with van der Waals surface area (Å²) < 4.78 is 6.60. The van der Waals surface area contributed by atoms with Crippen molar-refractivity contribution in [2.75, 3.05) is 0 Å². The number of ether oxygens (including phenoxy) is 1. The molecular formula is C14H17NO4. The number of aromatic nitrogens is 1. The summed E-state index contributed by atoms with van der Waals surface area (Å²) in [6, 6.07) is 3.26. The van der Waals surface area contributed by atoms with Crippen LogP contribution in [0.25, 0.3) is 5.76 Å². The van der Waals surface area contributed by atoms with Gasteiger partial charge in [-0.15, -0.1) is 0 Å². The van der Waals surface area contributed by atoms with E-state index >= 15 is 0 Å². The van der Waals surface area contributed by atoms with E-state index in [-0.39, 0.29) is 23.4 Å².